The number of aliphatic imine (C=N–C) groups is 1. The van der Waals surface area contributed by atoms with E-state index in [0.29, 0.717) is 15.6 Å². The number of carbonyl (C=O) groups excluding carboxylic acids is 1. The third-order valence-electron chi connectivity index (χ3n) is 3.77. The van der Waals surface area contributed by atoms with Gasteiger partial charge in [0.05, 0.1) is 10.5 Å². The highest BCUT2D eigenvalue weighted by atomic mass is 32.2. The smallest absolute Gasteiger partial charge is 0.351 e. The van der Waals surface area contributed by atoms with Crippen LogP contribution in [-0.4, -0.2) is 29.1 Å². The zero-order valence-corrected chi connectivity index (χ0v) is 13.1. The maximum Gasteiger partial charge on any atom is 0.416 e. The van der Waals surface area contributed by atoms with Gasteiger partial charge in [-0.15, -0.1) is 0 Å². The number of thioether (sulfide) groups is 1. The minimum atomic E-state index is -4.35. The Balaban J connectivity index is 1.72. The maximum atomic E-state index is 12.5. The van der Waals surface area contributed by atoms with Crippen LogP contribution in [0.2, 0.25) is 0 Å². The average Bonchev–Trinajstić information content (AvgIpc) is 2.89. The number of nitrogens with zero attached hydrogens (tertiary/aromatic N) is 2. The van der Waals surface area contributed by atoms with Gasteiger partial charge in [-0.25, -0.2) is 0 Å². The van der Waals surface area contributed by atoms with E-state index < -0.39 is 11.7 Å². The van der Waals surface area contributed by atoms with Gasteiger partial charge in [0.15, 0.2) is 5.17 Å². The van der Waals surface area contributed by atoms with E-state index in [1.165, 1.54) is 30.3 Å². The molecule has 0 spiro atoms. The fourth-order valence-electron chi connectivity index (χ4n) is 2.54. The van der Waals surface area contributed by atoms with Crippen molar-refractivity contribution in [3.63, 3.8) is 0 Å². The Labute approximate surface area is 136 Å². The van der Waals surface area contributed by atoms with Crippen molar-refractivity contribution in [1.29, 1.82) is 0 Å². The van der Waals surface area contributed by atoms with Crippen LogP contribution in [0.25, 0.3) is 6.08 Å². The number of amides is 1. The molecule has 2 aliphatic heterocycles. The highest BCUT2D eigenvalue weighted by Crippen LogP contribution is 2.33. The molecule has 0 saturated carbocycles. The fourth-order valence-corrected chi connectivity index (χ4v) is 3.50. The van der Waals surface area contributed by atoms with Crippen molar-refractivity contribution in [1.82, 2.24) is 4.90 Å². The first kappa shape index (κ1) is 16.1. The van der Waals surface area contributed by atoms with Crippen LogP contribution in [0.4, 0.5) is 13.2 Å². The molecule has 1 saturated heterocycles. The Hall–Kier alpha value is -1.76. The van der Waals surface area contributed by atoms with Crippen molar-refractivity contribution in [2.45, 2.75) is 25.4 Å². The van der Waals surface area contributed by atoms with Gasteiger partial charge in [0.25, 0.3) is 5.91 Å². The summed E-state index contributed by atoms with van der Waals surface area (Å²) in [5.41, 5.74) is -0.140. The van der Waals surface area contributed by atoms with E-state index in [9.17, 15) is 18.0 Å². The van der Waals surface area contributed by atoms with Crippen molar-refractivity contribution in [2.24, 2.45) is 4.99 Å². The summed E-state index contributed by atoms with van der Waals surface area (Å²) in [7, 11) is 0. The predicted molar refractivity (Wildman–Crippen MR) is 84.9 cm³/mol. The van der Waals surface area contributed by atoms with Gasteiger partial charge in [0.2, 0.25) is 0 Å². The largest absolute Gasteiger partial charge is 0.416 e. The predicted octanol–water partition coefficient (Wildman–Crippen LogP) is 4.16. The fraction of sp³-hybridized carbons (Fsp3) is 0.375. The number of hydrogen-bond acceptors (Lipinski definition) is 3. The number of alkyl halides is 3. The highest BCUT2D eigenvalue weighted by molar-refractivity contribution is 8.18. The molecule has 23 heavy (non-hydrogen) atoms. The van der Waals surface area contributed by atoms with Gasteiger partial charge in [-0.05, 0) is 54.8 Å². The minimum Gasteiger partial charge on any atom is -0.351 e. The third-order valence-corrected chi connectivity index (χ3v) is 4.82. The summed E-state index contributed by atoms with van der Waals surface area (Å²) in [6.07, 6.45) is 0.607. The lowest BCUT2D eigenvalue weighted by atomic mass is 10.1. The zero-order valence-electron chi connectivity index (χ0n) is 12.3. The summed E-state index contributed by atoms with van der Waals surface area (Å²) in [5, 5.41) is 0.702. The maximum absolute atomic E-state index is 12.5. The van der Waals surface area contributed by atoms with Crippen LogP contribution in [0.15, 0.2) is 34.2 Å². The lowest BCUT2D eigenvalue weighted by molar-refractivity contribution is -0.137. The third kappa shape index (κ3) is 3.77. The Morgan fingerprint density at radius 2 is 1.74 bits per heavy atom. The molecule has 0 radical (unpaired) electrons. The second kappa shape index (κ2) is 6.39. The lowest BCUT2D eigenvalue weighted by Gasteiger charge is -2.27. The molecule has 1 fully saturated rings. The number of carbonyl (C=O) groups is 1. The van der Waals surface area contributed by atoms with E-state index in [1.54, 1.807) is 6.08 Å². The van der Waals surface area contributed by atoms with Gasteiger partial charge in [-0.2, -0.15) is 18.2 Å². The number of halogens is 3. The standard InChI is InChI=1S/C16H15F3N2OS/c17-16(18,19)12-6-4-11(5-7-12)10-13-14(22)20-15(23-13)21-8-2-1-3-9-21/h4-7,10H,1-3,8-9H2/b13-10-. The molecular formula is C16H15F3N2OS. The van der Waals surface area contributed by atoms with Crippen molar-refractivity contribution in [2.75, 3.05) is 13.1 Å². The number of rotatable bonds is 1. The van der Waals surface area contributed by atoms with Crippen LogP contribution in [-0.2, 0) is 11.0 Å². The minimum absolute atomic E-state index is 0.324. The highest BCUT2D eigenvalue weighted by Gasteiger charge is 2.30. The van der Waals surface area contributed by atoms with Gasteiger partial charge < -0.3 is 4.90 Å². The van der Waals surface area contributed by atoms with Crippen LogP contribution in [0.5, 0.6) is 0 Å². The van der Waals surface area contributed by atoms with Gasteiger partial charge in [0, 0.05) is 13.1 Å². The van der Waals surface area contributed by atoms with Crippen LogP contribution in [0, 0.1) is 0 Å². The van der Waals surface area contributed by atoms with E-state index in [4.69, 9.17) is 0 Å². The van der Waals surface area contributed by atoms with Gasteiger partial charge in [-0.3, -0.25) is 4.79 Å². The van der Waals surface area contributed by atoms with Gasteiger partial charge in [0.1, 0.15) is 0 Å². The van der Waals surface area contributed by atoms with Crippen LogP contribution < -0.4 is 0 Å². The molecule has 0 bridgehead atoms. The number of amidine groups is 1. The number of benzene rings is 1. The lowest BCUT2D eigenvalue weighted by Crippen LogP contribution is -2.33. The summed E-state index contributed by atoms with van der Waals surface area (Å²) in [6, 6.07) is 4.76. The zero-order chi connectivity index (χ0) is 16.4. The molecular weight excluding hydrogens is 325 g/mol. The molecule has 7 heteroatoms. The van der Waals surface area contributed by atoms with Gasteiger partial charge >= 0.3 is 6.18 Å². The second-order valence-corrected chi connectivity index (χ2v) is 6.49. The monoisotopic (exact) mass is 340 g/mol. The van der Waals surface area contributed by atoms with Crippen molar-refractivity contribution >= 4 is 28.9 Å². The van der Waals surface area contributed by atoms with E-state index in [0.717, 1.165) is 38.1 Å². The molecule has 0 aromatic heterocycles. The first-order valence-corrected chi connectivity index (χ1v) is 8.20. The van der Waals surface area contributed by atoms with E-state index >= 15 is 0 Å². The SMILES string of the molecule is O=C1N=C(N2CCCCC2)S/C1=C\c1ccc(C(F)(F)F)cc1. The number of piperidine rings is 1. The van der Waals surface area contributed by atoms with E-state index in [1.807, 2.05) is 0 Å². The van der Waals surface area contributed by atoms with Gasteiger partial charge in [-0.1, -0.05) is 12.1 Å². The average molecular weight is 340 g/mol. The summed E-state index contributed by atoms with van der Waals surface area (Å²) in [6.45, 7) is 1.79. The Morgan fingerprint density at radius 1 is 1.09 bits per heavy atom. The molecule has 2 aliphatic rings. The summed E-state index contributed by atoms with van der Waals surface area (Å²) in [5.74, 6) is -0.324. The summed E-state index contributed by atoms with van der Waals surface area (Å²) < 4.78 is 37.6. The Bertz CT molecular complexity index is 659. The van der Waals surface area contributed by atoms with E-state index in [-0.39, 0.29) is 5.91 Å². The molecule has 122 valence electrons. The summed E-state index contributed by atoms with van der Waals surface area (Å²) in [4.78, 5) is 18.6. The molecule has 0 aliphatic carbocycles. The first-order valence-electron chi connectivity index (χ1n) is 7.38. The van der Waals surface area contributed by atoms with Crippen LogP contribution in [0.3, 0.4) is 0 Å². The second-order valence-electron chi connectivity index (χ2n) is 5.48. The molecule has 0 unspecified atom stereocenters. The topological polar surface area (TPSA) is 32.7 Å². The molecule has 1 aromatic rings. The summed E-state index contributed by atoms with van der Waals surface area (Å²) >= 11 is 1.30. The normalized spacial score (nSPS) is 21.0. The Kier molecular flexibility index (Phi) is 4.48. The van der Waals surface area contributed by atoms with Crippen molar-refractivity contribution < 1.29 is 18.0 Å². The molecule has 3 rings (SSSR count). The Morgan fingerprint density at radius 3 is 2.35 bits per heavy atom. The van der Waals surface area contributed by atoms with Crippen LogP contribution in [0.1, 0.15) is 30.4 Å². The quantitative estimate of drug-likeness (QED) is 0.720. The van der Waals surface area contributed by atoms with Crippen LogP contribution >= 0.6 is 11.8 Å². The molecule has 1 amide bonds. The number of likely N-dealkylation sites (tertiary alicyclic amines) is 1. The number of hydrogen-bond donors (Lipinski definition) is 0. The van der Waals surface area contributed by atoms with Crippen molar-refractivity contribution in [3.8, 4) is 0 Å². The molecule has 2 heterocycles. The van der Waals surface area contributed by atoms with E-state index in [2.05, 4.69) is 9.89 Å². The molecule has 0 atom stereocenters. The molecule has 0 N–H and O–H groups in total. The first-order chi connectivity index (χ1) is 10.9. The molecule has 3 nitrogen and oxygen atoms in total. The van der Waals surface area contributed by atoms with Crippen molar-refractivity contribution in [3.05, 3.63) is 40.3 Å². The molecule has 1 aromatic carbocycles.